The van der Waals surface area contributed by atoms with Gasteiger partial charge >= 0.3 is 0 Å². The van der Waals surface area contributed by atoms with Crippen LogP contribution in [0.3, 0.4) is 0 Å². The van der Waals surface area contributed by atoms with Gasteiger partial charge in [-0.25, -0.2) is 18.7 Å². The van der Waals surface area contributed by atoms with E-state index in [2.05, 4.69) is 15.3 Å². The maximum Gasteiger partial charge on any atom is 0.242 e. The molecule has 0 saturated carbocycles. The molecule has 1 amide bonds. The van der Waals surface area contributed by atoms with E-state index in [-0.39, 0.29) is 23.5 Å². The summed E-state index contributed by atoms with van der Waals surface area (Å²) in [4.78, 5) is 23.2. The molecule has 34 heavy (non-hydrogen) atoms. The first-order chi connectivity index (χ1) is 16.4. The molecule has 178 valence electrons. The number of halogens is 2. The summed E-state index contributed by atoms with van der Waals surface area (Å²) in [6, 6.07) is 9.36. The summed E-state index contributed by atoms with van der Waals surface area (Å²) in [5, 5.41) is 2.78. The summed E-state index contributed by atoms with van der Waals surface area (Å²) < 4.78 is 43.1. The number of aromatic nitrogens is 2. The fourth-order valence-electron chi connectivity index (χ4n) is 3.52. The van der Waals surface area contributed by atoms with Crippen LogP contribution in [-0.2, 0) is 9.53 Å². The third-order valence-electron chi connectivity index (χ3n) is 5.47. The molecule has 1 aliphatic heterocycles. The van der Waals surface area contributed by atoms with Crippen molar-refractivity contribution in [3.63, 3.8) is 0 Å². The van der Waals surface area contributed by atoms with Crippen LogP contribution in [0.25, 0.3) is 0 Å². The number of rotatable bonds is 7. The predicted octanol–water partition coefficient (Wildman–Crippen LogP) is 3.96. The van der Waals surface area contributed by atoms with Crippen LogP contribution in [0.15, 0.2) is 54.9 Å². The van der Waals surface area contributed by atoms with Crippen LogP contribution < -0.4 is 14.8 Å². The quantitative estimate of drug-likeness (QED) is 0.560. The number of carbonyl (C=O) groups excluding carboxylic acids is 1. The van der Waals surface area contributed by atoms with Crippen molar-refractivity contribution in [3.8, 4) is 17.4 Å². The molecule has 1 aromatic carbocycles. The lowest BCUT2D eigenvalue weighted by Crippen LogP contribution is -2.48. The molecule has 1 aliphatic rings. The molecule has 0 aliphatic carbocycles. The van der Waals surface area contributed by atoms with E-state index in [0.29, 0.717) is 31.4 Å². The van der Waals surface area contributed by atoms with Gasteiger partial charge in [0.2, 0.25) is 11.8 Å². The minimum absolute atomic E-state index is 0.123. The van der Waals surface area contributed by atoms with Crippen LogP contribution in [-0.4, -0.2) is 53.6 Å². The van der Waals surface area contributed by atoms with Crippen LogP contribution in [0.2, 0.25) is 0 Å². The molecule has 10 heteroatoms. The predicted molar refractivity (Wildman–Crippen MR) is 120 cm³/mol. The Morgan fingerprint density at radius 3 is 2.71 bits per heavy atom. The van der Waals surface area contributed by atoms with Crippen LogP contribution >= 0.6 is 0 Å². The number of ether oxygens (including phenoxy) is 3. The Morgan fingerprint density at radius 2 is 2.03 bits per heavy atom. The van der Waals surface area contributed by atoms with Gasteiger partial charge in [-0.1, -0.05) is 0 Å². The van der Waals surface area contributed by atoms with Gasteiger partial charge in [0, 0.05) is 37.0 Å². The normalized spacial score (nSPS) is 17.1. The first-order valence-corrected chi connectivity index (χ1v) is 10.7. The highest BCUT2D eigenvalue weighted by Crippen LogP contribution is 2.26. The summed E-state index contributed by atoms with van der Waals surface area (Å²) in [5.74, 6) is -0.755. The first-order valence-electron chi connectivity index (χ1n) is 10.7. The summed E-state index contributed by atoms with van der Waals surface area (Å²) in [7, 11) is 1.56. The number of hydrogen-bond acceptors (Lipinski definition) is 7. The van der Waals surface area contributed by atoms with Crippen LogP contribution in [0.1, 0.15) is 18.6 Å². The standard InChI is InChI=1S/C24H24F2N4O4/c1-15(30-9-10-33-21(14-30)16-3-8-23(32-2)28-12-16)24(31)29-22-7-5-18(13-27-22)34-20-6-4-17(25)11-19(20)26/h3-8,11-13,15,21H,9-10,14H2,1-2H3,(H,27,29,31)/t15-,21?/m0/s1. The van der Waals surface area contributed by atoms with Crippen molar-refractivity contribution in [1.29, 1.82) is 0 Å². The van der Waals surface area contributed by atoms with Gasteiger partial charge in [-0.3, -0.25) is 9.69 Å². The molecule has 1 saturated heterocycles. The molecule has 0 bridgehead atoms. The van der Waals surface area contributed by atoms with Crippen molar-refractivity contribution in [1.82, 2.24) is 14.9 Å². The molecule has 0 spiro atoms. The second-order valence-electron chi connectivity index (χ2n) is 7.71. The Kier molecular flexibility index (Phi) is 7.29. The fraction of sp³-hybridized carbons (Fsp3) is 0.292. The Hall–Kier alpha value is -3.63. The summed E-state index contributed by atoms with van der Waals surface area (Å²) in [6.07, 6.45) is 2.86. The molecule has 2 atom stereocenters. The summed E-state index contributed by atoms with van der Waals surface area (Å²) in [5.41, 5.74) is 0.910. The van der Waals surface area contributed by atoms with E-state index < -0.39 is 17.7 Å². The van der Waals surface area contributed by atoms with Crippen LogP contribution in [0, 0.1) is 11.6 Å². The van der Waals surface area contributed by atoms with Crippen molar-refractivity contribution in [3.05, 3.63) is 72.1 Å². The molecule has 1 fully saturated rings. The number of methoxy groups -OCH3 is 1. The van der Waals surface area contributed by atoms with Gasteiger partial charge in [0.1, 0.15) is 17.4 Å². The highest BCUT2D eigenvalue weighted by atomic mass is 19.1. The second-order valence-corrected chi connectivity index (χ2v) is 7.71. The zero-order chi connectivity index (χ0) is 24.1. The molecule has 8 nitrogen and oxygen atoms in total. The average Bonchev–Trinajstić information content (AvgIpc) is 2.86. The summed E-state index contributed by atoms with van der Waals surface area (Å²) >= 11 is 0. The lowest BCUT2D eigenvalue weighted by molar-refractivity contribution is -0.124. The molecule has 3 heterocycles. The number of nitrogens with zero attached hydrogens (tertiary/aromatic N) is 3. The minimum atomic E-state index is -0.819. The monoisotopic (exact) mass is 470 g/mol. The number of amides is 1. The topological polar surface area (TPSA) is 85.8 Å². The molecule has 3 aromatic rings. The van der Waals surface area contributed by atoms with E-state index in [1.807, 2.05) is 17.9 Å². The van der Waals surface area contributed by atoms with Crippen molar-refractivity contribution >= 4 is 11.7 Å². The molecule has 0 radical (unpaired) electrons. The number of nitrogens with one attached hydrogen (secondary N) is 1. The van der Waals surface area contributed by atoms with Gasteiger partial charge in [-0.15, -0.1) is 0 Å². The molecule has 1 unspecified atom stereocenters. The van der Waals surface area contributed by atoms with Gasteiger partial charge in [0.15, 0.2) is 11.6 Å². The van der Waals surface area contributed by atoms with Crippen LogP contribution in [0.5, 0.6) is 17.4 Å². The van der Waals surface area contributed by atoms with E-state index in [1.165, 1.54) is 18.3 Å². The number of benzene rings is 1. The smallest absolute Gasteiger partial charge is 0.242 e. The SMILES string of the molecule is COc1ccc(C2CN([C@@H](C)C(=O)Nc3ccc(Oc4ccc(F)cc4F)cn3)CCO2)cn1. The van der Waals surface area contributed by atoms with Crippen molar-refractivity contribution in [2.45, 2.75) is 19.1 Å². The Morgan fingerprint density at radius 1 is 1.18 bits per heavy atom. The van der Waals surface area contributed by atoms with Gasteiger partial charge in [-0.2, -0.15) is 0 Å². The third kappa shape index (κ3) is 5.64. The van der Waals surface area contributed by atoms with Gasteiger partial charge < -0.3 is 19.5 Å². The molecular formula is C24H24F2N4O4. The molecule has 1 N–H and O–H groups in total. The number of hydrogen-bond donors (Lipinski definition) is 1. The largest absolute Gasteiger partial charge is 0.481 e. The Bertz CT molecular complexity index is 1130. The minimum Gasteiger partial charge on any atom is -0.481 e. The van der Waals surface area contributed by atoms with E-state index >= 15 is 0 Å². The zero-order valence-corrected chi connectivity index (χ0v) is 18.7. The van der Waals surface area contributed by atoms with E-state index in [1.54, 1.807) is 25.4 Å². The van der Waals surface area contributed by atoms with Gasteiger partial charge in [0.25, 0.3) is 0 Å². The highest BCUT2D eigenvalue weighted by molar-refractivity contribution is 5.93. The lowest BCUT2D eigenvalue weighted by Gasteiger charge is -2.36. The molecule has 4 rings (SSSR count). The number of anilines is 1. The van der Waals surface area contributed by atoms with Gasteiger partial charge in [-0.05, 0) is 37.3 Å². The summed E-state index contributed by atoms with van der Waals surface area (Å²) in [6.45, 7) is 3.45. The number of morpholine rings is 1. The average molecular weight is 470 g/mol. The van der Waals surface area contributed by atoms with E-state index in [9.17, 15) is 13.6 Å². The maximum atomic E-state index is 13.8. The zero-order valence-electron chi connectivity index (χ0n) is 18.7. The van der Waals surface area contributed by atoms with Gasteiger partial charge in [0.05, 0.1) is 32.1 Å². The van der Waals surface area contributed by atoms with E-state index in [4.69, 9.17) is 14.2 Å². The van der Waals surface area contributed by atoms with Crippen molar-refractivity contribution in [2.75, 3.05) is 32.1 Å². The lowest BCUT2D eigenvalue weighted by atomic mass is 10.1. The van der Waals surface area contributed by atoms with E-state index in [0.717, 1.165) is 17.7 Å². The second kappa shape index (κ2) is 10.5. The fourth-order valence-corrected chi connectivity index (χ4v) is 3.52. The molecular weight excluding hydrogens is 446 g/mol. The first kappa shape index (κ1) is 23.5. The Labute approximate surface area is 195 Å². The highest BCUT2D eigenvalue weighted by Gasteiger charge is 2.29. The maximum absolute atomic E-state index is 13.8. The van der Waals surface area contributed by atoms with Crippen LogP contribution in [0.4, 0.5) is 14.6 Å². The third-order valence-corrected chi connectivity index (χ3v) is 5.47. The Balaban J connectivity index is 1.34. The van der Waals surface area contributed by atoms with Crippen molar-refractivity contribution < 1.29 is 27.8 Å². The number of pyridine rings is 2. The molecule has 2 aromatic heterocycles. The number of carbonyl (C=O) groups is 1. The van der Waals surface area contributed by atoms with Crippen molar-refractivity contribution in [2.24, 2.45) is 0 Å².